The van der Waals surface area contributed by atoms with Crippen LogP contribution in [-0.4, -0.2) is 25.2 Å². The van der Waals surface area contributed by atoms with Crippen LogP contribution in [0.1, 0.15) is 51.9 Å². The van der Waals surface area contributed by atoms with Crippen molar-refractivity contribution in [2.75, 3.05) is 25.2 Å². The number of unbranched alkanes of at least 4 members (excludes halogenated alkanes) is 5. The van der Waals surface area contributed by atoms with E-state index in [1.807, 2.05) is 21.6 Å². The predicted molar refractivity (Wildman–Crippen MR) is 74.8 cm³/mol. The molecule has 0 aromatic heterocycles. The fourth-order valence-electron chi connectivity index (χ4n) is 1.36. The average molecular weight is 250 g/mol. The van der Waals surface area contributed by atoms with Gasteiger partial charge in [0.05, 0.1) is 0 Å². The number of hydrogen-bond donors (Lipinski definition) is 0. The van der Waals surface area contributed by atoms with Gasteiger partial charge in [-0.2, -0.15) is 0 Å². The lowest BCUT2D eigenvalue weighted by molar-refractivity contribution is 0.126. The standard InChI is InChI=1S/C12H26OS2/c1-3-4-5-7-10-13-11-8-6-9-12-15-14-2/h3-12H2,1-2H3. The summed E-state index contributed by atoms with van der Waals surface area (Å²) in [7, 11) is 3.83. The third-order valence-electron chi connectivity index (χ3n) is 2.28. The van der Waals surface area contributed by atoms with Gasteiger partial charge >= 0.3 is 0 Å². The van der Waals surface area contributed by atoms with Crippen LogP contribution < -0.4 is 0 Å². The third kappa shape index (κ3) is 14.7. The lowest BCUT2D eigenvalue weighted by atomic mass is 10.2. The highest BCUT2D eigenvalue weighted by molar-refractivity contribution is 8.76. The molecule has 0 radical (unpaired) electrons. The van der Waals surface area contributed by atoms with E-state index in [0.29, 0.717) is 0 Å². The van der Waals surface area contributed by atoms with Gasteiger partial charge in [0, 0.05) is 19.0 Å². The molecule has 1 nitrogen and oxygen atoms in total. The first kappa shape index (κ1) is 15.7. The molecule has 0 aliphatic rings. The molecule has 0 heterocycles. The summed E-state index contributed by atoms with van der Waals surface area (Å²) in [6, 6.07) is 0. The van der Waals surface area contributed by atoms with Crippen molar-refractivity contribution in [3.8, 4) is 0 Å². The van der Waals surface area contributed by atoms with Gasteiger partial charge in [-0.15, -0.1) is 0 Å². The molecule has 0 saturated heterocycles. The molecule has 0 rings (SSSR count). The quantitative estimate of drug-likeness (QED) is 0.365. The topological polar surface area (TPSA) is 9.23 Å². The van der Waals surface area contributed by atoms with E-state index in [0.717, 1.165) is 13.2 Å². The van der Waals surface area contributed by atoms with E-state index in [1.165, 1.54) is 50.7 Å². The van der Waals surface area contributed by atoms with Gasteiger partial charge < -0.3 is 4.74 Å². The van der Waals surface area contributed by atoms with E-state index in [4.69, 9.17) is 4.74 Å². The number of rotatable bonds is 12. The second-order valence-electron chi connectivity index (χ2n) is 3.72. The highest BCUT2D eigenvalue weighted by atomic mass is 33.1. The van der Waals surface area contributed by atoms with Gasteiger partial charge in [-0.3, -0.25) is 0 Å². The Morgan fingerprint density at radius 3 is 2.13 bits per heavy atom. The fourth-order valence-corrected chi connectivity index (χ4v) is 2.70. The molecular formula is C12H26OS2. The van der Waals surface area contributed by atoms with E-state index in [1.54, 1.807) is 0 Å². The molecule has 92 valence electrons. The van der Waals surface area contributed by atoms with Crippen LogP contribution in [0.2, 0.25) is 0 Å². The van der Waals surface area contributed by atoms with Gasteiger partial charge in [0.25, 0.3) is 0 Å². The molecule has 0 spiro atoms. The lowest BCUT2D eigenvalue weighted by Crippen LogP contribution is -1.97. The van der Waals surface area contributed by atoms with Crippen molar-refractivity contribution in [3.05, 3.63) is 0 Å². The average Bonchev–Trinajstić information content (AvgIpc) is 2.26. The van der Waals surface area contributed by atoms with Crippen molar-refractivity contribution in [2.24, 2.45) is 0 Å². The Kier molecular flexibility index (Phi) is 15.3. The normalized spacial score (nSPS) is 10.8. The van der Waals surface area contributed by atoms with Crippen molar-refractivity contribution in [1.82, 2.24) is 0 Å². The summed E-state index contributed by atoms with van der Waals surface area (Å²) >= 11 is 0. The largest absolute Gasteiger partial charge is 0.381 e. The van der Waals surface area contributed by atoms with E-state index in [9.17, 15) is 0 Å². The van der Waals surface area contributed by atoms with Crippen LogP contribution in [0, 0.1) is 0 Å². The number of ether oxygens (including phenoxy) is 1. The van der Waals surface area contributed by atoms with Crippen molar-refractivity contribution >= 4 is 21.6 Å². The van der Waals surface area contributed by atoms with E-state index < -0.39 is 0 Å². The maximum atomic E-state index is 5.57. The SMILES string of the molecule is CCCCCCOCCCCCSSC. The molecule has 3 heteroatoms. The van der Waals surface area contributed by atoms with Crippen LogP contribution in [0.25, 0.3) is 0 Å². The Bertz CT molecular complexity index is 97.8. The molecule has 0 amide bonds. The lowest BCUT2D eigenvalue weighted by Gasteiger charge is -2.03. The van der Waals surface area contributed by atoms with Crippen LogP contribution in [0.3, 0.4) is 0 Å². The first-order valence-corrected chi connectivity index (χ1v) is 8.88. The van der Waals surface area contributed by atoms with Gasteiger partial charge in [0.2, 0.25) is 0 Å². The summed E-state index contributed by atoms with van der Waals surface area (Å²) < 4.78 is 5.57. The highest BCUT2D eigenvalue weighted by Crippen LogP contribution is 2.18. The van der Waals surface area contributed by atoms with Gasteiger partial charge in [-0.1, -0.05) is 54.2 Å². The molecule has 0 saturated carbocycles. The minimum absolute atomic E-state index is 0.968. The Labute approximate surface area is 104 Å². The molecule has 0 aromatic rings. The monoisotopic (exact) mass is 250 g/mol. The fraction of sp³-hybridized carbons (Fsp3) is 1.00. The Hall–Kier alpha value is 0.660. The maximum Gasteiger partial charge on any atom is 0.0466 e. The molecule has 0 bridgehead atoms. The molecule has 0 fully saturated rings. The zero-order chi connectivity index (χ0) is 11.2. The predicted octanol–water partition coefficient (Wildman–Crippen LogP) is 4.76. The summed E-state index contributed by atoms with van der Waals surface area (Å²) in [6.45, 7) is 4.18. The van der Waals surface area contributed by atoms with Gasteiger partial charge in [-0.05, 0) is 25.5 Å². The van der Waals surface area contributed by atoms with Crippen LogP contribution >= 0.6 is 21.6 Å². The van der Waals surface area contributed by atoms with E-state index in [2.05, 4.69) is 13.2 Å². The van der Waals surface area contributed by atoms with Gasteiger partial charge in [0.1, 0.15) is 0 Å². The zero-order valence-electron chi connectivity index (χ0n) is 10.3. The maximum absolute atomic E-state index is 5.57. The van der Waals surface area contributed by atoms with Crippen LogP contribution in [0.5, 0.6) is 0 Å². The molecule has 15 heavy (non-hydrogen) atoms. The van der Waals surface area contributed by atoms with Crippen LogP contribution in [0.15, 0.2) is 0 Å². The van der Waals surface area contributed by atoms with E-state index in [-0.39, 0.29) is 0 Å². The minimum atomic E-state index is 0.968. The Balaban J connectivity index is 2.81. The van der Waals surface area contributed by atoms with Crippen molar-refractivity contribution in [3.63, 3.8) is 0 Å². The van der Waals surface area contributed by atoms with Gasteiger partial charge in [0.15, 0.2) is 0 Å². The molecule has 0 unspecified atom stereocenters. The van der Waals surface area contributed by atoms with Crippen molar-refractivity contribution in [1.29, 1.82) is 0 Å². The minimum Gasteiger partial charge on any atom is -0.381 e. The molecule has 0 atom stereocenters. The van der Waals surface area contributed by atoms with Gasteiger partial charge in [-0.25, -0.2) is 0 Å². The van der Waals surface area contributed by atoms with E-state index >= 15 is 0 Å². The first-order chi connectivity index (χ1) is 7.41. The third-order valence-corrected chi connectivity index (χ3v) is 4.17. The summed E-state index contributed by atoms with van der Waals surface area (Å²) in [5, 5.41) is 0. The van der Waals surface area contributed by atoms with Crippen LogP contribution in [-0.2, 0) is 4.74 Å². The van der Waals surface area contributed by atoms with Crippen molar-refractivity contribution < 1.29 is 4.74 Å². The van der Waals surface area contributed by atoms with Crippen molar-refractivity contribution in [2.45, 2.75) is 51.9 Å². The summed E-state index contributed by atoms with van der Waals surface area (Å²) in [4.78, 5) is 0. The summed E-state index contributed by atoms with van der Waals surface area (Å²) in [5.41, 5.74) is 0. The molecule has 0 N–H and O–H groups in total. The smallest absolute Gasteiger partial charge is 0.0466 e. The summed E-state index contributed by atoms with van der Waals surface area (Å²) in [5.74, 6) is 1.29. The number of hydrogen-bond acceptors (Lipinski definition) is 3. The second kappa shape index (κ2) is 14.7. The Morgan fingerprint density at radius 2 is 1.53 bits per heavy atom. The Morgan fingerprint density at radius 1 is 0.867 bits per heavy atom. The van der Waals surface area contributed by atoms with Crippen LogP contribution in [0.4, 0.5) is 0 Å². The zero-order valence-corrected chi connectivity index (χ0v) is 11.9. The highest BCUT2D eigenvalue weighted by Gasteiger charge is 1.92. The molecule has 0 aliphatic carbocycles. The molecule has 0 aliphatic heterocycles. The first-order valence-electron chi connectivity index (χ1n) is 6.15. The second-order valence-corrected chi connectivity index (χ2v) is 6.41. The molecular weight excluding hydrogens is 224 g/mol. The molecule has 0 aromatic carbocycles. The summed E-state index contributed by atoms with van der Waals surface area (Å²) in [6.07, 6.45) is 11.3.